The van der Waals surface area contributed by atoms with Crippen LogP contribution in [0.25, 0.3) is 0 Å². The molecular formula is C17H25N5O6P+. The van der Waals surface area contributed by atoms with E-state index in [1.54, 1.807) is 11.0 Å². The average molecular weight is 426 g/mol. The molecule has 3 rings (SSSR count). The van der Waals surface area contributed by atoms with Crippen molar-refractivity contribution in [3.63, 3.8) is 0 Å². The maximum absolute atomic E-state index is 12.0. The predicted octanol–water partition coefficient (Wildman–Crippen LogP) is 0.281. The number of carbonyl (C=O) groups excluding carboxylic acids is 4. The number of amides is 2. The molecule has 1 saturated carbocycles. The van der Waals surface area contributed by atoms with Gasteiger partial charge in [-0.25, -0.2) is 24.1 Å². The molecule has 0 bridgehead atoms. The van der Waals surface area contributed by atoms with Crippen molar-refractivity contribution in [3.8, 4) is 0 Å². The van der Waals surface area contributed by atoms with E-state index in [1.165, 1.54) is 0 Å². The van der Waals surface area contributed by atoms with Gasteiger partial charge in [-0.3, -0.25) is 9.59 Å². The van der Waals surface area contributed by atoms with Gasteiger partial charge in [-0.15, -0.1) is 11.0 Å². The Bertz CT molecular complexity index is 765. The summed E-state index contributed by atoms with van der Waals surface area (Å²) in [5, 5.41) is 3.95. The molecule has 29 heavy (non-hydrogen) atoms. The van der Waals surface area contributed by atoms with Crippen molar-refractivity contribution in [1.82, 2.24) is 10.3 Å². The van der Waals surface area contributed by atoms with Crippen molar-refractivity contribution in [2.75, 3.05) is 6.54 Å². The summed E-state index contributed by atoms with van der Waals surface area (Å²) >= 11 is 0. The van der Waals surface area contributed by atoms with Gasteiger partial charge in [-0.1, -0.05) is 12.5 Å². The Morgan fingerprint density at radius 1 is 1.24 bits per heavy atom. The lowest BCUT2D eigenvalue weighted by molar-refractivity contribution is -0.168. The molecule has 0 aromatic rings. The summed E-state index contributed by atoms with van der Waals surface area (Å²) in [6.07, 6.45) is 6.04. The van der Waals surface area contributed by atoms with Crippen LogP contribution in [0.4, 0.5) is 0 Å². The zero-order valence-corrected chi connectivity index (χ0v) is 17.0. The van der Waals surface area contributed by atoms with E-state index >= 15 is 0 Å². The normalized spacial score (nSPS) is 24.2. The third-order valence-corrected chi connectivity index (χ3v) is 6.08. The van der Waals surface area contributed by atoms with Crippen LogP contribution >= 0.6 is 8.02 Å². The van der Waals surface area contributed by atoms with E-state index in [0.717, 1.165) is 12.8 Å². The van der Waals surface area contributed by atoms with E-state index in [1.807, 2.05) is 13.0 Å². The van der Waals surface area contributed by atoms with Crippen LogP contribution in [-0.2, 0) is 28.2 Å². The van der Waals surface area contributed by atoms with Gasteiger partial charge in [0.25, 0.3) is 0 Å². The molecule has 0 aromatic carbocycles. The Morgan fingerprint density at radius 2 is 1.90 bits per heavy atom. The smallest absolute Gasteiger partial charge is 0.333 e. The Balaban J connectivity index is 1.33. The molecular weight excluding hydrogens is 401 g/mol. The fraction of sp³-hybridized carbons (Fsp3) is 0.588. The molecule has 0 radical (unpaired) electrons. The zero-order valence-electron chi connectivity index (χ0n) is 16.1. The largest absolute Gasteiger partial charge is 0.521 e. The van der Waals surface area contributed by atoms with Gasteiger partial charge >= 0.3 is 20.0 Å². The molecule has 2 fully saturated rings. The standard InChI is InChI=1S/C17H24N5O6P/c1-11-6-7-14(24)22(11)8-4-2-3-5-13(23)21-20-12-9-17(10-12)15(25)27-29(18,19)28-16(17)26/h6-7,11H,2-5,8-10,18-19H2,1H3/p+1. The van der Waals surface area contributed by atoms with Crippen LogP contribution in [0, 0.1) is 5.41 Å². The van der Waals surface area contributed by atoms with Crippen LogP contribution in [0.15, 0.2) is 17.3 Å². The number of nitrogens with two attached hydrogens (primary N) is 2. The van der Waals surface area contributed by atoms with E-state index < -0.39 is 25.4 Å². The second-order valence-electron chi connectivity index (χ2n) is 7.49. The van der Waals surface area contributed by atoms with Gasteiger partial charge in [0, 0.05) is 43.6 Å². The molecule has 1 unspecified atom stereocenters. The Labute approximate surface area is 168 Å². The highest BCUT2D eigenvalue weighted by atomic mass is 31.2. The monoisotopic (exact) mass is 426 g/mol. The Kier molecular flexibility index (Phi) is 6.02. The van der Waals surface area contributed by atoms with Crippen LogP contribution < -0.4 is 16.4 Å². The zero-order chi connectivity index (χ0) is 21.2. The van der Waals surface area contributed by atoms with Crippen LogP contribution in [0.1, 0.15) is 45.4 Å². The number of hydrazone groups is 1. The summed E-state index contributed by atoms with van der Waals surface area (Å²) in [7, 11) is -3.43. The SMILES string of the molecule is CC1C=CC(=O)N1CCCCCC(=O)NN=C1CC2(C1)C(=O)O[P+](N)(N)OC2=O. The van der Waals surface area contributed by atoms with Crippen molar-refractivity contribution in [1.29, 1.82) is 0 Å². The molecule has 1 spiro atoms. The lowest BCUT2D eigenvalue weighted by Gasteiger charge is -2.38. The van der Waals surface area contributed by atoms with Gasteiger partial charge in [0.2, 0.25) is 11.8 Å². The molecule has 0 aromatic heterocycles. The molecule has 2 heterocycles. The molecule has 5 N–H and O–H groups in total. The molecule has 3 aliphatic rings. The van der Waals surface area contributed by atoms with Gasteiger partial charge in [0.15, 0.2) is 5.41 Å². The number of hydrogen-bond donors (Lipinski definition) is 3. The van der Waals surface area contributed by atoms with Crippen LogP contribution in [0.2, 0.25) is 0 Å². The molecule has 1 aliphatic carbocycles. The van der Waals surface area contributed by atoms with Gasteiger partial charge in [0.05, 0.1) is 0 Å². The highest BCUT2D eigenvalue weighted by Gasteiger charge is 2.67. The van der Waals surface area contributed by atoms with Gasteiger partial charge in [-0.05, 0) is 19.8 Å². The first-order valence-electron chi connectivity index (χ1n) is 9.40. The van der Waals surface area contributed by atoms with Gasteiger partial charge in [-0.2, -0.15) is 5.10 Å². The third-order valence-electron chi connectivity index (χ3n) is 5.18. The minimum absolute atomic E-state index is 0.00102. The fourth-order valence-corrected chi connectivity index (χ4v) is 4.33. The lowest BCUT2D eigenvalue weighted by Crippen LogP contribution is -2.56. The summed E-state index contributed by atoms with van der Waals surface area (Å²) in [5.41, 5.74) is 12.3. The van der Waals surface area contributed by atoms with E-state index in [0.29, 0.717) is 25.1 Å². The molecule has 2 amide bonds. The highest BCUT2D eigenvalue weighted by Crippen LogP contribution is 2.56. The summed E-state index contributed by atoms with van der Waals surface area (Å²) < 4.78 is 9.63. The number of nitrogens with zero attached hydrogens (tertiary/aromatic N) is 2. The fourth-order valence-electron chi connectivity index (χ4n) is 3.43. The number of rotatable bonds is 7. The maximum atomic E-state index is 12.0. The van der Waals surface area contributed by atoms with Crippen molar-refractivity contribution >= 4 is 37.5 Å². The Morgan fingerprint density at radius 3 is 2.48 bits per heavy atom. The van der Waals surface area contributed by atoms with E-state index in [4.69, 9.17) is 20.1 Å². The maximum Gasteiger partial charge on any atom is 0.521 e. The minimum Gasteiger partial charge on any atom is -0.333 e. The molecule has 11 nitrogen and oxygen atoms in total. The molecule has 2 aliphatic heterocycles. The van der Waals surface area contributed by atoms with E-state index in [9.17, 15) is 19.2 Å². The number of unbranched alkanes of at least 4 members (excludes halogenated alkanes) is 2. The molecule has 1 atom stereocenters. The lowest BCUT2D eigenvalue weighted by atomic mass is 9.67. The first kappa shape index (κ1) is 21.4. The van der Waals surface area contributed by atoms with E-state index in [2.05, 4.69) is 10.5 Å². The van der Waals surface area contributed by atoms with Crippen molar-refractivity contribution in [2.24, 2.45) is 21.5 Å². The topological polar surface area (TPSA) is 166 Å². The Hall–Kier alpha value is -2.36. The second-order valence-corrected chi connectivity index (χ2v) is 9.15. The van der Waals surface area contributed by atoms with Crippen molar-refractivity contribution < 1.29 is 28.2 Å². The quantitative estimate of drug-likeness (QED) is 0.226. The first-order valence-corrected chi connectivity index (χ1v) is 11.2. The minimum atomic E-state index is -3.43. The molecule has 158 valence electrons. The van der Waals surface area contributed by atoms with Crippen LogP contribution in [-0.4, -0.2) is 47.0 Å². The highest BCUT2D eigenvalue weighted by molar-refractivity contribution is 7.62. The van der Waals surface area contributed by atoms with Crippen LogP contribution in [0.5, 0.6) is 0 Å². The summed E-state index contributed by atoms with van der Waals surface area (Å²) in [6.45, 7) is 2.63. The van der Waals surface area contributed by atoms with Crippen molar-refractivity contribution in [3.05, 3.63) is 12.2 Å². The van der Waals surface area contributed by atoms with Crippen LogP contribution in [0.3, 0.4) is 0 Å². The van der Waals surface area contributed by atoms with E-state index in [-0.39, 0.29) is 30.7 Å². The number of carbonyl (C=O) groups is 4. The number of nitrogens with one attached hydrogen (secondary N) is 1. The summed E-state index contributed by atoms with van der Waals surface area (Å²) in [4.78, 5) is 49.3. The van der Waals surface area contributed by atoms with Crippen molar-refractivity contribution in [2.45, 2.75) is 51.5 Å². The summed E-state index contributed by atoms with van der Waals surface area (Å²) in [6, 6.07) is 0.124. The average Bonchev–Trinajstić information content (AvgIpc) is 2.90. The first-order chi connectivity index (χ1) is 13.6. The number of hydrogen-bond acceptors (Lipinski definition) is 9. The third kappa shape index (κ3) is 4.63. The van der Waals surface area contributed by atoms with Gasteiger partial charge < -0.3 is 4.90 Å². The molecule has 1 saturated heterocycles. The summed E-state index contributed by atoms with van der Waals surface area (Å²) in [5.74, 6) is -1.84. The second kappa shape index (κ2) is 8.17. The van der Waals surface area contributed by atoms with Gasteiger partial charge in [0.1, 0.15) is 0 Å². The molecule has 12 heteroatoms. The predicted molar refractivity (Wildman–Crippen MR) is 104 cm³/mol.